The highest BCUT2D eigenvalue weighted by Gasteiger charge is 2.40. The molecule has 0 radical (unpaired) electrons. The van der Waals surface area contributed by atoms with E-state index in [0.29, 0.717) is 36.7 Å². The summed E-state index contributed by atoms with van der Waals surface area (Å²) in [4.78, 5) is 72.3. The second kappa shape index (κ2) is 17.7. The monoisotopic (exact) mass is 779 g/mol. The number of anilines is 4. The Kier molecular flexibility index (Phi) is 13.2. The number of amides is 2. The Bertz CT molecular complexity index is 2080. The minimum atomic E-state index is -0.518. The summed E-state index contributed by atoms with van der Waals surface area (Å²) in [5, 5.41) is 0. The van der Waals surface area contributed by atoms with E-state index >= 15 is 0 Å². The number of carbonyl (C=O) groups is 3. The molecule has 15 nitrogen and oxygen atoms in total. The molecule has 0 unspecified atom stereocenters. The zero-order chi connectivity index (χ0) is 41.8. The van der Waals surface area contributed by atoms with Gasteiger partial charge < -0.3 is 30.1 Å². The average molecular weight is 780 g/mol. The van der Waals surface area contributed by atoms with Crippen molar-refractivity contribution in [2.24, 2.45) is 5.73 Å². The van der Waals surface area contributed by atoms with Crippen molar-refractivity contribution in [1.29, 1.82) is 0 Å². The number of pyridine rings is 2. The quantitative estimate of drug-likeness (QED) is 0.193. The molecule has 6 heterocycles. The summed E-state index contributed by atoms with van der Waals surface area (Å²) in [6.07, 6.45) is 12.4. The molecule has 0 fully saturated rings. The molecule has 0 aliphatic carbocycles. The molecule has 4 aromatic heterocycles. The smallest absolute Gasteiger partial charge is 0.306 e. The molecule has 2 aliphatic heterocycles. The van der Waals surface area contributed by atoms with Crippen LogP contribution in [0.1, 0.15) is 92.7 Å². The van der Waals surface area contributed by atoms with E-state index in [0.717, 1.165) is 46.0 Å². The van der Waals surface area contributed by atoms with Crippen LogP contribution in [-0.2, 0) is 32.1 Å². The summed E-state index contributed by atoms with van der Waals surface area (Å²) in [6, 6.07) is 3.50. The van der Waals surface area contributed by atoms with Crippen LogP contribution in [-0.4, -0.2) is 91.6 Å². The zero-order valence-electron chi connectivity index (χ0n) is 35.1. The maximum Gasteiger partial charge on any atom is 0.306 e. The van der Waals surface area contributed by atoms with Crippen molar-refractivity contribution in [3.8, 4) is 22.8 Å². The van der Waals surface area contributed by atoms with Gasteiger partial charge in [0.15, 0.2) is 23.3 Å². The third kappa shape index (κ3) is 9.03. The highest BCUT2D eigenvalue weighted by atomic mass is 16.6. The lowest BCUT2D eigenvalue weighted by Crippen LogP contribution is -2.54. The number of hydrogen-bond acceptors (Lipinski definition) is 13. The fourth-order valence-corrected chi connectivity index (χ4v) is 7.30. The van der Waals surface area contributed by atoms with Gasteiger partial charge in [-0.3, -0.25) is 24.4 Å². The van der Waals surface area contributed by atoms with Crippen LogP contribution in [0.15, 0.2) is 49.3 Å². The van der Waals surface area contributed by atoms with E-state index in [9.17, 15) is 14.4 Å². The minimum Gasteiger partial charge on any atom is -0.460 e. The van der Waals surface area contributed by atoms with E-state index in [1.807, 2.05) is 46.8 Å². The molecule has 2 aliphatic rings. The van der Waals surface area contributed by atoms with Crippen LogP contribution in [0.5, 0.6) is 0 Å². The van der Waals surface area contributed by atoms with E-state index in [-0.39, 0.29) is 48.4 Å². The summed E-state index contributed by atoms with van der Waals surface area (Å²) in [5.74, 6) is 2.55. The Balaban J connectivity index is 0.000000224. The number of nitrogens with zero attached hydrogens (tertiary/aromatic N) is 10. The maximum atomic E-state index is 12.9. The number of hydrogen-bond donors (Lipinski definition) is 1. The van der Waals surface area contributed by atoms with Crippen molar-refractivity contribution in [2.45, 2.75) is 124 Å². The second-order valence-electron chi connectivity index (χ2n) is 15.8. The molecule has 6 rings (SSSR count). The van der Waals surface area contributed by atoms with Gasteiger partial charge in [0.1, 0.15) is 29.1 Å². The molecule has 0 saturated carbocycles. The van der Waals surface area contributed by atoms with Crippen molar-refractivity contribution in [3.63, 3.8) is 0 Å². The third-order valence-corrected chi connectivity index (χ3v) is 10.0. The molecule has 57 heavy (non-hydrogen) atoms. The SMILES string of the molecule is CC[C@@H]1C(=O)N(C)c2cnc(-c3ccncc3CCC(=O)OC(C)(C)C)nc2N1C(C)C.CC[C@@H]1C(=O)N(C)c2cnc(-c3ccncc3CN)nc2N1C(C)C. The lowest BCUT2D eigenvalue weighted by molar-refractivity contribution is -0.154. The predicted molar refractivity (Wildman–Crippen MR) is 223 cm³/mol. The Hall–Kier alpha value is -5.57. The molecule has 4 aromatic rings. The standard InChI is InChI=1S/C24H33N5O3.C18H24N6O/c1-8-18-23(31)28(7)19-14-26-21(27-22(19)29(18)15(2)3)17-11-12-25-13-16(17)9-10-20(30)32-24(4,5)6;1-5-14-18(25)23(4)15-10-21-16(22-17(15)24(14)11(2)3)13-6-7-20-9-12(13)8-19/h11-15,18H,8-10H2,1-7H3;6-7,9-11,14H,5,8,19H2,1-4H3/t18-;14-/m11/s1. The van der Waals surface area contributed by atoms with Crippen molar-refractivity contribution < 1.29 is 19.1 Å². The topological polar surface area (TPSA) is 177 Å². The van der Waals surface area contributed by atoms with Crippen molar-refractivity contribution >= 4 is 40.8 Å². The van der Waals surface area contributed by atoms with Gasteiger partial charge in [-0.25, -0.2) is 19.9 Å². The van der Waals surface area contributed by atoms with E-state index in [1.54, 1.807) is 61.1 Å². The maximum absolute atomic E-state index is 12.9. The molecular weight excluding hydrogens is 723 g/mol. The normalized spacial score (nSPS) is 16.7. The first-order valence-electron chi connectivity index (χ1n) is 19.7. The molecule has 0 saturated heterocycles. The van der Waals surface area contributed by atoms with Gasteiger partial charge in [-0.15, -0.1) is 0 Å². The number of esters is 1. The van der Waals surface area contributed by atoms with Crippen LogP contribution in [0, 0.1) is 0 Å². The Labute approximate surface area is 336 Å². The Morgan fingerprint density at radius 2 is 1.19 bits per heavy atom. The van der Waals surface area contributed by atoms with Crippen molar-refractivity contribution in [1.82, 2.24) is 29.9 Å². The lowest BCUT2D eigenvalue weighted by Gasteiger charge is -2.42. The largest absolute Gasteiger partial charge is 0.460 e. The fourth-order valence-electron chi connectivity index (χ4n) is 7.30. The van der Waals surface area contributed by atoms with Crippen molar-refractivity contribution in [3.05, 3.63) is 60.4 Å². The Morgan fingerprint density at radius 3 is 1.60 bits per heavy atom. The number of aromatic nitrogens is 6. The highest BCUT2D eigenvalue weighted by molar-refractivity contribution is 6.05. The van der Waals surface area contributed by atoms with Crippen LogP contribution < -0.4 is 25.3 Å². The predicted octanol–water partition coefficient (Wildman–Crippen LogP) is 5.75. The first kappa shape index (κ1) is 42.6. The first-order chi connectivity index (χ1) is 27.0. The van der Waals surface area contributed by atoms with Crippen molar-refractivity contribution in [2.75, 3.05) is 33.7 Å². The molecule has 2 amide bonds. The van der Waals surface area contributed by atoms with E-state index in [2.05, 4.69) is 57.4 Å². The van der Waals surface area contributed by atoms with Crippen LogP contribution in [0.3, 0.4) is 0 Å². The van der Waals surface area contributed by atoms with Gasteiger partial charge in [-0.1, -0.05) is 13.8 Å². The third-order valence-electron chi connectivity index (χ3n) is 10.0. The van der Waals surface area contributed by atoms with Gasteiger partial charge in [0.2, 0.25) is 11.8 Å². The molecule has 15 heteroatoms. The van der Waals surface area contributed by atoms with Crippen LogP contribution in [0.2, 0.25) is 0 Å². The molecule has 0 spiro atoms. The van der Waals surface area contributed by atoms with Crippen LogP contribution in [0.25, 0.3) is 22.8 Å². The van der Waals surface area contributed by atoms with E-state index in [4.69, 9.17) is 20.4 Å². The van der Waals surface area contributed by atoms with E-state index in [1.165, 1.54) is 0 Å². The number of rotatable bonds is 10. The van der Waals surface area contributed by atoms with E-state index < -0.39 is 5.60 Å². The number of likely N-dealkylation sites (N-methyl/N-ethyl adjacent to an activating group) is 2. The summed E-state index contributed by atoms with van der Waals surface area (Å²) >= 11 is 0. The molecule has 2 atom stereocenters. The highest BCUT2D eigenvalue weighted by Crippen LogP contribution is 2.38. The van der Waals surface area contributed by atoms with Gasteiger partial charge in [0.25, 0.3) is 0 Å². The molecule has 2 N–H and O–H groups in total. The summed E-state index contributed by atoms with van der Waals surface area (Å²) in [5.41, 5.74) is 10.2. The summed E-state index contributed by atoms with van der Waals surface area (Å²) < 4.78 is 5.43. The zero-order valence-corrected chi connectivity index (χ0v) is 35.1. The molecule has 304 valence electrons. The lowest BCUT2D eigenvalue weighted by atomic mass is 10.0. The number of ether oxygens (including phenoxy) is 1. The summed E-state index contributed by atoms with van der Waals surface area (Å²) in [7, 11) is 3.55. The second-order valence-corrected chi connectivity index (χ2v) is 15.8. The number of fused-ring (bicyclic) bond motifs is 2. The first-order valence-corrected chi connectivity index (χ1v) is 19.7. The van der Waals surface area contributed by atoms with Gasteiger partial charge in [-0.2, -0.15) is 0 Å². The van der Waals surface area contributed by atoms with Crippen LogP contribution in [0.4, 0.5) is 23.0 Å². The fraction of sp³-hybridized carbons (Fsp3) is 0.500. The molecule has 0 aromatic carbocycles. The van der Waals surface area contributed by atoms with Gasteiger partial charge in [-0.05, 0) is 91.0 Å². The number of aryl methyl sites for hydroxylation is 1. The Morgan fingerprint density at radius 1 is 0.754 bits per heavy atom. The average Bonchev–Trinajstić information content (AvgIpc) is 3.18. The van der Waals surface area contributed by atoms with Gasteiger partial charge in [0, 0.05) is 75.1 Å². The number of nitrogens with two attached hydrogens (primary N) is 1. The van der Waals surface area contributed by atoms with Gasteiger partial charge >= 0.3 is 5.97 Å². The van der Waals surface area contributed by atoms with Gasteiger partial charge in [0.05, 0.1) is 12.4 Å². The molecular formula is C42H57N11O4. The number of carbonyl (C=O) groups excluding carboxylic acids is 3. The summed E-state index contributed by atoms with van der Waals surface area (Å²) in [6.45, 7) is 18.2. The molecule has 0 bridgehead atoms. The van der Waals surface area contributed by atoms with Crippen LogP contribution >= 0.6 is 0 Å². The minimum absolute atomic E-state index is 0.0482.